The highest BCUT2D eigenvalue weighted by Crippen LogP contribution is 2.17. The number of aromatic nitrogens is 2. The van der Waals surface area contributed by atoms with Gasteiger partial charge in [-0.3, -0.25) is 0 Å². The van der Waals surface area contributed by atoms with Gasteiger partial charge in [-0.1, -0.05) is 19.0 Å². The second-order valence-corrected chi connectivity index (χ2v) is 3.92. The lowest BCUT2D eigenvalue weighted by molar-refractivity contribution is -0.178. The van der Waals surface area contributed by atoms with E-state index in [-0.39, 0.29) is 24.2 Å². The molecule has 1 rings (SSSR count). The standard InChI is InChI=1S/C9H14F3N3O2/c1-5(2)7(13)8-14-6(17-15-8)3-16-4-9(10,11)12/h5,7H,3-4,13H2,1-2H3. The maximum atomic E-state index is 11.8. The molecular weight excluding hydrogens is 239 g/mol. The number of hydrogen-bond donors (Lipinski definition) is 1. The monoisotopic (exact) mass is 253 g/mol. The zero-order valence-electron chi connectivity index (χ0n) is 9.49. The van der Waals surface area contributed by atoms with Crippen LogP contribution in [-0.2, 0) is 11.3 Å². The minimum Gasteiger partial charge on any atom is -0.362 e. The van der Waals surface area contributed by atoms with E-state index < -0.39 is 18.8 Å². The van der Waals surface area contributed by atoms with Crippen LogP contribution in [0.15, 0.2) is 4.52 Å². The van der Waals surface area contributed by atoms with Crippen LogP contribution in [0.2, 0.25) is 0 Å². The molecule has 0 aliphatic carbocycles. The van der Waals surface area contributed by atoms with Crippen molar-refractivity contribution >= 4 is 0 Å². The number of hydrogen-bond acceptors (Lipinski definition) is 5. The van der Waals surface area contributed by atoms with E-state index in [0.29, 0.717) is 0 Å². The summed E-state index contributed by atoms with van der Waals surface area (Å²) in [5.41, 5.74) is 5.74. The Morgan fingerprint density at radius 2 is 2.06 bits per heavy atom. The van der Waals surface area contributed by atoms with Crippen LogP contribution in [0.5, 0.6) is 0 Å². The summed E-state index contributed by atoms with van der Waals surface area (Å²) in [5, 5.41) is 3.58. The summed E-state index contributed by atoms with van der Waals surface area (Å²) in [7, 11) is 0. The van der Waals surface area contributed by atoms with Gasteiger partial charge in [0.15, 0.2) is 5.82 Å². The Kier molecular flexibility index (Phi) is 4.47. The predicted octanol–water partition coefficient (Wildman–Crippen LogP) is 1.80. The Morgan fingerprint density at radius 1 is 1.41 bits per heavy atom. The van der Waals surface area contributed by atoms with Crippen molar-refractivity contribution in [2.24, 2.45) is 11.7 Å². The SMILES string of the molecule is CC(C)C(N)c1noc(COCC(F)(F)F)n1. The molecule has 0 bridgehead atoms. The topological polar surface area (TPSA) is 74.2 Å². The molecular formula is C9H14F3N3O2. The van der Waals surface area contributed by atoms with Gasteiger partial charge in [0.05, 0.1) is 6.04 Å². The lowest BCUT2D eigenvalue weighted by Crippen LogP contribution is -2.18. The van der Waals surface area contributed by atoms with E-state index in [0.717, 1.165) is 0 Å². The smallest absolute Gasteiger partial charge is 0.362 e. The van der Waals surface area contributed by atoms with E-state index in [1.165, 1.54) is 0 Å². The van der Waals surface area contributed by atoms with Crippen LogP contribution in [0.25, 0.3) is 0 Å². The summed E-state index contributed by atoms with van der Waals surface area (Å²) in [6, 6.07) is -0.407. The van der Waals surface area contributed by atoms with Crippen LogP contribution in [0.3, 0.4) is 0 Å². The maximum Gasteiger partial charge on any atom is 0.411 e. The average Bonchev–Trinajstić information content (AvgIpc) is 2.63. The first-order chi connectivity index (χ1) is 7.79. The summed E-state index contributed by atoms with van der Waals surface area (Å²) >= 11 is 0. The molecule has 0 amide bonds. The van der Waals surface area contributed by atoms with Gasteiger partial charge in [0.25, 0.3) is 5.89 Å². The Morgan fingerprint density at radius 3 is 2.59 bits per heavy atom. The summed E-state index contributed by atoms with van der Waals surface area (Å²) in [5.74, 6) is 0.363. The molecule has 0 saturated carbocycles. The Hall–Kier alpha value is -1.15. The number of alkyl halides is 3. The van der Waals surface area contributed by atoms with Crippen LogP contribution in [-0.4, -0.2) is 22.9 Å². The third-order valence-electron chi connectivity index (χ3n) is 1.99. The van der Waals surface area contributed by atoms with Gasteiger partial charge in [-0.15, -0.1) is 0 Å². The van der Waals surface area contributed by atoms with Gasteiger partial charge in [0, 0.05) is 0 Å². The number of halogens is 3. The molecule has 8 heteroatoms. The van der Waals surface area contributed by atoms with Crippen LogP contribution in [0, 0.1) is 5.92 Å². The zero-order valence-corrected chi connectivity index (χ0v) is 9.49. The Bertz CT molecular complexity index is 352. The number of rotatable bonds is 5. The summed E-state index contributed by atoms with van der Waals surface area (Å²) < 4.78 is 44.5. The molecule has 0 spiro atoms. The first kappa shape index (κ1) is 13.9. The molecule has 1 heterocycles. The van der Waals surface area contributed by atoms with Crippen molar-refractivity contribution in [2.45, 2.75) is 32.7 Å². The van der Waals surface area contributed by atoms with E-state index >= 15 is 0 Å². The van der Waals surface area contributed by atoms with E-state index in [1.54, 1.807) is 0 Å². The van der Waals surface area contributed by atoms with Gasteiger partial charge in [-0.2, -0.15) is 18.2 Å². The third kappa shape index (κ3) is 4.70. The molecule has 2 N–H and O–H groups in total. The Balaban J connectivity index is 2.46. The molecule has 0 aromatic carbocycles. The highest BCUT2D eigenvalue weighted by Gasteiger charge is 2.28. The quantitative estimate of drug-likeness (QED) is 0.866. The fourth-order valence-electron chi connectivity index (χ4n) is 1.01. The van der Waals surface area contributed by atoms with E-state index in [4.69, 9.17) is 10.3 Å². The van der Waals surface area contributed by atoms with E-state index in [9.17, 15) is 13.2 Å². The van der Waals surface area contributed by atoms with Crippen LogP contribution in [0.4, 0.5) is 13.2 Å². The summed E-state index contributed by atoms with van der Waals surface area (Å²) in [6.07, 6.45) is -4.36. The molecule has 5 nitrogen and oxygen atoms in total. The first-order valence-electron chi connectivity index (χ1n) is 5.02. The van der Waals surface area contributed by atoms with Crippen LogP contribution in [0.1, 0.15) is 31.6 Å². The van der Waals surface area contributed by atoms with Crippen molar-refractivity contribution in [3.63, 3.8) is 0 Å². The second kappa shape index (κ2) is 5.46. The molecule has 0 aliphatic heterocycles. The minimum absolute atomic E-state index is 0.0136. The van der Waals surface area contributed by atoms with Gasteiger partial charge in [0.1, 0.15) is 13.2 Å². The van der Waals surface area contributed by atoms with Crippen molar-refractivity contribution in [1.82, 2.24) is 10.1 Å². The van der Waals surface area contributed by atoms with Crippen molar-refractivity contribution in [3.05, 3.63) is 11.7 Å². The number of nitrogens with zero attached hydrogens (tertiary/aromatic N) is 2. The highest BCUT2D eigenvalue weighted by molar-refractivity contribution is 4.93. The molecule has 1 atom stereocenters. The van der Waals surface area contributed by atoms with E-state index in [1.807, 2.05) is 13.8 Å². The fraction of sp³-hybridized carbons (Fsp3) is 0.778. The summed E-state index contributed by atoms with van der Waals surface area (Å²) in [6.45, 7) is 2.03. The van der Waals surface area contributed by atoms with Crippen molar-refractivity contribution in [1.29, 1.82) is 0 Å². The molecule has 0 saturated heterocycles. The fourth-order valence-corrected chi connectivity index (χ4v) is 1.01. The molecule has 0 fully saturated rings. The average molecular weight is 253 g/mol. The van der Waals surface area contributed by atoms with Crippen molar-refractivity contribution < 1.29 is 22.4 Å². The maximum absolute atomic E-state index is 11.8. The van der Waals surface area contributed by atoms with Gasteiger partial charge in [-0.25, -0.2) is 0 Å². The number of nitrogens with two attached hydrogens (primary N) is 1. The van der Waals surface area contributed by atoms with Gasteiger partial charge in [-0.05, 0) is 5.92 Å². The van der Waals surface area contributed by atoms with E-state index in [2.05, 4.69) is 14.9 Å². The Labute approximate surface area is 96.1 Å². The lowest BCUT2D eigenvalue weighted by atomic mass is 10.1. The molecule has 1 aromatic rings. The predicted molar refractivity (Wildman–Crippen MR) is 51.8 cm³/mol. The molecule has 0 aliphatic rings. The first-order valence-corrected chi connectivity index (χ1v) is 5.02. The molecule has 1 aromatic heterocycles. The van der Waals surface area contributed by atoms with Crippen LogP contribution >= 0.6 is 0 Å². The molecule has 1 unspecified atom stereocenters. The number of ether oxygens (including phenoxy) is 1. The third-order valence-corrected chi connectivity index (χ3v) is 1.99. The normalized spacial score (nSPS) is 14.3. The highest BCUT2D eigenvalue weighted by atomic mass is 19.4. The lowest BCUT2D eigenvalue weighted by Gasteiger charge is -2.09. The summed E-state index contributed by atoms with van der Waals surface area (Å²) in [4.78, 5) is 3.86. The van der Waals surface area contributed by atoms with Crippen molar-refractivity contribution in [3.8, 4) is 0 Å². The van der Waals surface area contributed by atoms with Gasteiger partial charge < -0.3 is 15.0 Å². The second-order valence-electron chi connectivity index (χ2n) is 3.92. The molecule has 0 radical (unpaired) electrons. The van der Waals surface area contributed by atoms with Gasteiger partial charge >= 0.3 is 6.18 Å². The zero-order chi connectivity index (χ0) is 13.1. The largest absolute Gasteiger partial charge is 0.411 e. The van der Waals surface area contributed by atoms with Gasteiger partial charge in [0.2, 0.25) is 0 Å². The van der Waals surface area contributed by atoms with Crippen molar-refractivity contribution in [2.75, 3.05) is 6.61 Å². The molecule has 98 valence electrons. The van der Waals surface area contributed by atoms with Crippen LogP contribution < -0.4 is 5.73 Å². The molecule has 17 heavy (non-hydrogen) atoms. The minimum atomic E-state index is -4.36.